The van der Waals surface area contributed by atoms with Crippen molar-refractivity contribution in [2.75, 3.05) is 6.61 Å². The van der Waals surface area contributed by atoms with Crippen LogP contribution in [0, 0.1) is 0 Å². The average molecular weight is 251 g/mol. The Kier molecular flexibility index (Phi) is 5.65. The fourth-order valence-electron chi connectivity index (χ4n) is 1.57. The Morgan fingerprint density at radius 2 is 2.06 bits per heavy atom. The summed E-state index contributed by atoms with van der Waals surface area (Å²) in [5.74, 6) is 0.302. The highest BCUT2D eigenvalue weighted by molar-refractivity contribution is 5.71. The third-order valence-electron chi connectivity index (χ3n) is 2.18. The molecule has 0 bridgehead atoms. The van der Waals surface area contributed by atoms with Crippen LogP contribution in [0.25, 0.3) is 0 Å². The van der Waals surface area contributed by atoms with Gasteiger partial charge in [-0.2, -0.15) is 0 Å². The number of carbonyl (C=O) groups is 1. The molecule has 2 N–H and O–H groups in total. The Labute approximate surface area is 108 Å². The Morgan fingerprint density at radius 1 is 1.33 bits per heavy atom. The van der Waals surface area contributed by atoms with Crippen molar-refractivity contribution in [3.8, 4) is 5.75 Å². The first-order chi connectivity index (χ1) is 8.47. The van der Waals surface area contributed by atoms with Crippen LogP contribution < -0.4 is 10.5 Å². The van der Waals surface area contributed by atoms with Crippen LogP contribution in [-0.2, 0) is 16.0 Å². The molecule has 0 aromatic heterocycles. The van der Waals surface area contributed by atoms with E-state index in [4.69, 9.17) is 15.2 Å². The number of esters is 1. The molecule has 0 heterocycles. The molecule has 0 saturated carbocycles. The maximum absolute atomic E-state index is 11.3. The van der Waals surface area contributed by atoms with Crippen LogP contribution in [0.2, 0.25) is 0 Å². The van der Waals surface area contributed by atoms with Crippen molar-refractivity contribution in [1.82, 2.24) is 0 Å². The zero-order chi connectivity index (χ0) is 13.5. The van der Waals surface area contributed by atoms with Crippen LogP contribution in [0.1, 0.15) is 26.3 Å². The van der Waals surface area contributed by atoms with Crippen molar-refractivity contribution < 1.29 is 14.3 Å². The second-order valence-corrected chi connectivity index (χ2v) is 4.66. The van der Waals surface area contributed by atoms with Gasteiger partial charge in [-0.05, 0) is 44.9 Å². The van der Waals surface area contributed by atoms with E-state index in [1.807, 2.05) is 31.2 Å². The van der Waals surface area contributed by atoms with E-state index < -0.39 is 0 Å². The minimum atomic E-state index is -0.359. The molecule has 0 radical (unpaired) electrons. The maximum Gasteiger partial charge on any atom is 0.344 e. The van der Waals surface area contributed by atoms with Crippen LogP contribution in [0.15, 0.2) is 24.3 Å². The number of ether oxygens (including phenoxy) is 2. The summed E-state index contributed by atoms with van der Waals surface area (Å²) in [5.41, 5.74) is 6.83. The van der Waals surface area contributed by atoms with Crippen LogP contribution in [0.5, 0.6) is 5.75 Å². The SMILES string of the molecule is CC(N)Cc1cccc(OCC(=O)OC(C)C)c1. The number of rotatable bonds is 6. The summed E-state index contributed by atoms with van der Waals surface area (Å²) < 4.78 is 10.4. The second-order valence-electron chi connectivity index (χ2n) is 4.66. The zero-order valence-corrected chi connectivity index (χ0v) is 11.2. The first-order valence-corrected chi connectivity index (χ1v) is 6.14. The van der Waals surface area contributed by atoms with Crippen LogP contribution >= 0.6 is 0 Å². The van der Waals surface area contributed by atoms with Crippen LogP contribution in [-0.4, -0.2) is 24.7 Å². The molecule has 0 fully saturated rings. The fourth-order valence-corrected chi connectivity index (χ4v) is 1.57. The summed E-state index contributed by atoms with van der Waals surface area (Å²) in [6.45, 7) is 5.50. The Balaban J connectivity index is 2.49. The van der Waals surface area contributed by atoms with E-state index in [2.05, 4.69) is 0 Å². The smallest absolute Gasteiger partial charge is 0.344 e. The lowest BCUT2D eigenvalue weighted by atomic mass is 10.1. The monoisotopic (exact) mass is 251 g/mol. The van der Waals surface area contributed by atoms with Crippen molar-refractivity contribution in [3.63, 3.8) is 0 Å². The van der Waals surface area contributed by atoms with Crippen molar-refractivity contribution in [2.45, 2.75) is 39.3 Å². The van der Waals surface area contributed by atoms with Crippen LogP contribution in [0.3, 0.4) is 0 Å². The molecule has 0 aliphatic heterocycles. The third-order valence-corrected chi connectivity index (χ3v) is 2.18. The van der Waals surface area contributed by atoms with Crippen molar-refractivity contribution in [3.05, 3.63) is 29.8 Å². The van der Waals surface area contributed by atoms with E-state index in [1.165, 1.54) is 0 Å². The minimum absolute atomic E-state index is 0.0696. The van der Waals surface area contributed by atoms with E-state index in [0.717, 1.165) is 12.0 Å². The number of hydrogen-bond donors (Lipinski definition) is 1. The standard InChI is InChI=1S/C14H21NO3/c1-10(2)18-14(16)9-17-13-6-4-5-12(8-13)7-11(3)15/h4-6,8,10-11H,7,9,15H2,1-3H3. The van der Waals surface area contributed by atoms with Gasteiger partial charge in [0.05, 0.1) is 6.10 Å². The van der Waals surface area contributed by atoms with Gasteiger partial charge in [-0.1, -0.05) is 12.1 Å². The van der Waals surface area contributed by atoms with Crippen molar-refractivity contribution in [2.24, 2.45) is 5.73 Å². The molecular formula is C14H21NO3. The predicted molar refractivity (Wildman–Crippen MR) is 70.5 cm³/mol. The summed E-state index contributed by atoms with van der Waals surface area (Å²) in [4.78, 5) is 11.3. The summed E-state index contributed by atoms with van der Waals surface area (Å²) >= 11 is 0. The number of carbonyl (C=O) groups excluding carboxylic acids is 1. The van der Waals surface area contributed by atoms with Gasteiger partial charge in [0.25, 0.3) is 0 Å². The minimum Gasteiger partial charge on any atom is -0.482 e. The molecule has 1 aromatic rings. The number of hydrogen-bond acceptors (Lipinski definition) is 4. The highest BCUT2D eigenvalue weighted by Gasteiger charge is 2.07. The summed E-state index contributed by atoms with van der Waals surface area (Å²) in [5, 5.41) is 0. The summed E-state index contributed by atoms with van der Waals surface area (Å²) in [6.07, 6.45) is 0.665. The lowest BCUT2D eigenvalue weighted by Crippen LogP contribution is -2.19. The lowest BCUT2D eigenvalue weighted by Gasteiger charge is -2.10. The van der Waals surface area contributed by atoms with E-state index in [-0.39, 0.29) is 24.7 Å². The van der Waals surface area contributed by atoms with Gasteiger partial charge < -0.3 is 15.2 Å². The fraction of sp³-hybridized carbons (Fsp3) is 0.500. The van der Waals surface area contributed by atoms with Crippen molar-refractivity contribution >= 4 is 5.97 Å². The Bertz CT molecular complexity index is 388. The molecule has 4 nitrogen and oxygen atoms in total. The summed E-state index contributed by atoms with van der Waals surface area (Å²) in [7, 11) is 0. The predicted octanol–water partition coefficient (Wildman–Crippen LogP) is 1.91. The van der Waals surface area contributed by atoms with Gasteiger partial charge in [0.2, 0.25) is 0 Å². The van der Waals surface area contributed by atoms with E-state index in [9.17, 15) is 4.79 Å². The topological polar surface area (TPSA) is 61.5 Å². The molecule has 0 spiro atoms. The van der Waals surface area contributed by atoms with Gasteiger partial charge in [-0.15, -0.1) is 0 Å². The quantitative estimate of drug-likeness (QED) is 0.784. The van der Waals surface area contributed by atoms with E-state index in [1.54, 1.807) is 13.8 Å². The molecular weight excluding hydrogens is 230 g/mol. The molecule has 1 aromatic carbocycles. The molecule has 0 aliphatic carbocycles. The van der Waals surface area contributed by atoms with E-state index in [0.29, 0.717) is 5.75 Å². The highest BCUT2D eigenvalue weighted by Crippen LogP contribution is 2.14. The lowest BCUT2D eigenvalue weighted by molar-refractivity contribution is -0.149. The number of nitrogens with two attached hydrogens (primary N) is 1. The van der Waals surface area contributed by atoms with Crippen molar-refractivity contribution in [1.29, 1.82) is 0 Å². The zero-order valence-electron chi connectivity index (χ0n) is 11.2. The molecule has 18 heavy (non-hydrogen) atoms. The largest absolute Gasteiger partial charge is 0.482 e. The molecule has 1 rings (SSSR count). The highest BCUT2D eigenvalue weighted by atomic mass is 16.6. The van der Waals surface area contributed by atoms with Gasteiger partial charge in [-0.25, -0.2) is 4.79 Å². The third kappa shape index (κ3) is 5.68. The Hall–Kier alpha value is -1.55. The van der Waals surface area contributed by atoms with Gasteiger partial charge in [0, 0.05) is 6.04 Å². The first-order valence-electron chi connectivity index (χ1n) is 6.14. The van der Waals surface area contributed by atoms with Gasteiger partial charge >= 0.3 is 5.97 Å². The van der Waals surface area contributed by atoms with Crippen LogP contribution in [0.4, 0.5) is 0 Å². The average Bonchev–Trinajstić information content (AvgIpc) is 2.25. The Morgan fingerprint density at radius 3 is 2.67 bits per heavy atom. The molecule has 0 aliphatic rings. The van der Waals surface area contributed by atoms with Gasteiger partial charge in [0.15, 0.2) is 6.61 Å². The number of benzene rings is 1. The van der Waals surface area contributed by atoms with E-state index >= 15 is 0 Å². The van der Waals surface area contributed by atoms with Gasteiger partial charge in [-0.3, -0.25) is 0 Å². The molecule has 0 saturated heterocycles. The summed E-state index contributed by atoms with van der Waals surface area (Å²) in [6, 6.07) is 7.69. The molecule has 1 atom stereocenters. The molecule has 0 amide bonds. The molecule has 4 heteroatoms. The normalized spacial score (nSPS) is 12.3. The maximum atomic E-state index is 11.3. The second kappa shape index (κ2) is 7.01. The van der Waals surface area contributed by atoms with Gasteiger partial charge in [0.1, 0.15) is 5.75 Å². The molecule has 1 unspecified atom stereocenters. The molecule has 100 valence electrons. The first kappa shape index (κ1) is 14.5.